The molecule has 4 nitrogen and oxygen atoms in total. The first-order chi connectivity index (χ1) is 38.7. The van der Waals surface area contributed by atoms with Crippen LogP contribution in [-0.4, -0.2) is 25.8 Å². The van der Waals surface area contributed by atoms with Crippen molar-refractivity contribution in [2.45, 2.75) is 38.5 Å². The lowest BCUT2D eigenvalue weighted by molar-refractivity contribution is 0.641. The third kappa shape index (κ3) is 5.49. The molecule has 0 bridgehead atoms. The van der Waals surface area contributed by atoms with Gasteiger partial charge in [-0.2, -0.15) is 0 Å². The van der Waals surface area contributed by atoms with Crippen LogP contribution in [-0.2, 0) is 10.8 Å². The smallest absolute Gasteiger partial charge is 0.252 e. The van der Waals surface area contributed by atoms with Gasteiger partial charge in [0.15, 0.2) is 0 Å². The number of para-hydroxylation sites is 1. The van der Waals surface area contributed by atoms with Gasteiger partial charge < -0.3 is 9.13 Å². The highest BCUT2D eigenvalue weighted by Crippen LogP contribution is 2.48. The van der Waals surface area contributed by atoms with Crippen LogP contribution in [0.1, 0.15) is 49.9 Å². The number of nitrogens with zero attached hydrogens (tertiary/aromatic N) is 4. The Bertz CT molecular complexity index is 5400. The normalized spacial score (nSPS) is 13.3. The summed E-state index contributed by atoms with van der Waals surface area (Å²) in [7, 11) is 0. The molecule has 2 aliphatic rings. The number of hydrogen-bond donors (Lipinski definition) is 0. The van der Waals surface area contributed by atoms with Crippen molar-refractivity contribution in [3.8, 4) is 11.4 Å². The molecular formula is C74H49BN4. The predicted octanol–water partition coefficient (Wildman–Crippen LogP) is 16.5. The van der Waals surface area contributed by atoms with E-state index in [9.17, 15) is 0 Å². The van der Waals surface area contributed by atoms with Crippen LogP contribution in [0.25, 0.3) is 131 Å². The molecule has 0 radical (unpaired) electrons. The highest BCUT2D eigenvalue weighted by atomic mass is 15.1. The van der Waals surface area contributed by atoms with E-state index in [4.69, 9.17) is 9.97 Å². The van der Waals surface area contributed by atoms with Gasteiger partial charge in [-0.25, -0.2) is 9.97 Å². The van der Waals surface area contributed by atoms with Gasteiger partial charge in [-0.15, -0.1) is 0 Å². The molecule has 18 rings (SSSR count). The standard InChI is InChI=1S/C74H49BN4/c1-73(2,42-20-7-5-8-21-42)44-34-36-61-56(38-44)57-39-45(74(3,4)43-22-9-6-10-23-43)40-59-71(57)79(61)72-66-63(41-60-69(72)77-68-54-31-18-15-28-50(54)49-27-14-17-30-53(49)67(68)76-60)78-62-37-35-52-48-26-12-11-24-46(48)47-25-13-16-29-51(47)64(52)65(62)55-32-19-33-58(70(55)78)75(59)66/h5-41H,1-4H3. The minimum atomic E-state index is -0.319. The lowest BCUT2D eigenvalue weighted by Crippen LogP contribution is -2.59. The molecule has 5 heterocycles. The second kappa shape index (κ2) is 15.1. The van der Waals surface area contributed by atoms with Crippen molar-refractivity contribution in [2.75, 3.05) is 0 Å². The van der Waals surface area contributed by atoms with E-state index in [-0.39, 0.29) is 17.5 Å². The number of hydrogen-bond acceptors (Lipinski definition) is 2. The molecule has 0 saturated heterocycles. The van der Waals surface area contributed by atoms with Crippen LogP contribution in [0.5, 0.6) is 0 Å². The van der Waals surface area contributed by atoms with E-state index in [1.807, 2.05) is 0 Å². The SMILES string of the molecule is CC(C)(c1ccccc1)c1ccc2c(c1)c1cc(C(C)(C)c3ccccc3)cc3c1n2-c1c2c(cc4nc5c6ccccc6c6ccccc6c5nc14)-n1c4ccc5c6ccccc6c6ccccc6c5c4c4cccc(c41)B23. The van der Waals surface area contributed by atoms with E-state index in [1.165, 1.54) is 125 Å². The van der Waals surface area contributed by atoms with Crippen molar-refractivity contribution in [3.05, 3.63) is 247 Å². The molecule has 16 aromatic rings. The third-order valence-corrected chi connectivity index (χ3v) is 19.0. The first-order valence-corrected chi connectivity index (χ1v) is 27.9. The van der Waals surface area contributed by atoms with Crippen LogP contribution in [0.4, 0.5) is 0 Å². The van der Waals surface area contributed by atoms with Gasteiger partial charge in [-0.3, -0.25) is 0 Å². The zero-order chi connectivity index (χ0) is 52.2. The van der Waals surface area contributed by atoms with Crippen molar-refractivity contribution in [3.63, 3.8) is 0 Å². The summed E-state index contributed by atoms with van der Waals surface area (Å²) >= 11 is 0. The molecule has 0 atom stereocenters. The molecule has 13 aromatic carbocycles. The number of benzene rings is 13. The number of rotatable bonds is 4. The van der Waals surface area contributed by atoms with Crippen LogP contribution in [0.2, 0.25) is 0 Å². The van der Waals surface area contributed by atoms with Gasteiger partial charge in [0.1, 0.15) is 5.52 Å². The van der Waals surface area contributed by atoms with Crippen LogP contribution < -0.4 is 16.4 Å². The minimum absolute atomic E-state index is 0.129. The molecule has 0 aliphatic carbocycles. The van der Waals surface area contributed by atoms with Crippen LogP contribution in [0.3, 0.4) is 0 Å². The van der Waals surface area contributed by atoms with E-state index >= 15 is 0 Å². The first-order valence-electron chi connectivity index (χ1n) is 27.9. The summed E-state index contributed by atoms with van der Waals surface area (Å²) in [4.78, 5) is 11.9. The fourth-order valence-corrected chi connectivity index (χ4v) is 15.1. The Balaban J connectivity index is 1.06. The number of fused-ring (bicyclic) bond motifs is 25. The van der Waals surface area contributed by atoms with Crippen LogP contribution in [0, 0.1) is 0 Å². The minimum Gasteiger partial charge on any atom is -0.310 e. The molecule has 3 aromatic heterocycles. The molecule has 0 saturated carbocycles. The maximum Gasteiger partial charge on any atom is 0.252 e. The van der Waals surface area contributed by atoms with Crippen molar-refractivity contribution >= 4 is 143 Å². The lowest BCUT2D eigenvalue weighted by atomic mass is 9.34. The van der Waals surface area contributed by atoms with Gasteiger partial charge >= 0.3 is 0 Å². The summed E-state index contributed by atoms with van der Waals surface area (Å²) in [6.45, 7) is 9.42. The Morgan fingerprint density at radius 2 is 0.835 bits per heavy atom. The van der Waals surface area contributed by atoms with Crippen molar-refractivity contribution < 1.29 is 0 Å². The summed E-state index contributed by atoms with van der Waals surface area (Å²) < 4.78 is 5.24. The van der Waals surface area contributed by atoms with Gasteiger partial charge in [0.05, 0.1) is 33.3 Å². The summed E-state index contributed by atoms with van der Waals surface area (Å²) in [6, 6.07) is 84.4. The van der Waals surface area contributed by atoms with Crippen LogP contribution >= 0.6 is 0 Å². The van der Waals surface area contributed by atoms with E-state index < -0.39 is 0 Å². The summed E-state index contributed by atoms with van der Waals surface area (Å²) in [5.41, 5.74) is 19.3. The zero-order valence-electron chi connectivity index (χ0n) is 44.2. The quantitative estimate of drug-likeness (QED) is 0.100. The Morgan fingerprint density at radius 3 is 1.49 bits per heavy atom. The molecular weight excluding hydrogens is 956 g/mol. The average Bonchev–Trinajstić information content (AvgIpc) is 2.57. The topological polar surface area (TPSA) is 35.6 Å². The van der Waals surface area contributed by atoms with Gasteiger partial charge in [0.25, 0.3) is 6.71 Å². The molecule has 0 spiro atoms. The molecule has 0 fully saturated rings. The van der Waals surface area contributed by atoms with Gasteiger partial charge in [0.2, 0.25) is 0 Å². The summed E-state index contributed by atoms with van der Waals surface area (Å²) in [5, 5.41) is 17.3. The number of aromatic nitrogens is 4. The van der Waals surface area contributed by atoms with Gasteiger partial charge in [-0.1, -0.05) is 222 Å². The zero-order valence-corrected chi connectivity index (χ0v) is 44.2. The largest absolute Gasteiger partial charge is 0.310 e. The Labute approximate surface area is 455 Å². The summed E-state index contributed by atoms with van der Waals surface area (Å²) in [6.07, 6.45) is 0. The monoisotopic (exact) mass is 1000 g/mol. The second-order valence-electron chi connectivity index (χ2n) is 23.5. The second-order valence-corrected chi connectivity index (χ2v) is 23.5. The molecule has 5 heteroatoms. The van der Waals surface area contributed by atoms with Crippen molar-refractivity contribution in [2.24, 2.45) is 0 Å². The van der Waals surface area contributed by atoms with E-state index in [0.29, 0.717) is 0 Å². The Hall–Kier alpha value is -9.58. The molecule has 0 amide bonds. The highest BCUT2D eigenvalue weighted by Gasteiger charge is 2.44. The molecule has 0 N–H and O–H groups in total. The third-order valence-electron chi connectivity index (χ3n) is 19.0. The maximum absolute atomic E-state index is 6.01. The first kappa shape index (κ1) is 43.5. The van der Waals surface area contributed by atoms with Gasteiger partial charge in [-0.05, 0) is 107 Å². The van der Waals surface area contributed by atoms with E-state index in [0.717, 1.165) is 44.2 Å². The fourth-order valence-electron chi connectivity index (χ4n) is 15.1. The van der Waals surface area contributed by atoms with Crippen LogP contribution in [0.15, 0.2) is 224 Å². The average molecular weight is 1010 g/mol. The Kier molecular flexibility index (Phi) is 8.33. The van der Waals surface area contributed by atoms with Crippen molar-refractivity contribution in [1.82, 2.24) is 19.1 Å². The maximum atomic E-state index is 6.01. The molecule has 2 aliphatic heterocycles. The fraction of sp³-hybridized carbons (Fsp3) is 0.0811. The summed E-state index contributed by atoms with van der Waals surface area (Å²) in [5.74, 6) is 0. The molecule has 0 unspecified atom stereocenters. The highest BCUT2D eigenvalue weighted by molar-refractivity contribution is 7.00. The Morgan fingerprint density at radius 1 is 0.329 bits per heavy atom. The van der Waals surface area contributed by atoms with E-state index in [2.05, 4.69) is 261 Å². The van der Waals surface area contributed by atoms with Gasteiger partial charge in [0, 0.05) is 65.3 Å². The van der Waals surface area contributed by atoms with Crippen molar-refractivity contribution in [1.29, 1.82) is 0 Å². The molecule has 79 heavy (non-hydrogen) atoms. The van der Waals surface area contributed by atoms with E-state index in [1.54, 1.807) is 0 Å². The predicted molar refractivity (Wildman–Crippen MR) is 335 cm³/mol. The molecule has 368 valence electrons. The lowest BCUT2D eigenvalue weighted by Gasteiger charge is -2.35.